The van der Waals surface area contributed by atoms with Crippen LogP contribution in [0.5, 0.6) is 0 Å². The lowest BCUT2D eigenvalue weighted by atomic mass is 10.1. The summed E-state index contributed by atoms with van der Waals surface area (Å²) >= 11 is 5.06. The molecule has 0 bridgehead atoms. The predicted octanol–water partition coefficient (Wildman–Crippen LogP) is 0.889. The van der Waals surface area contributed by atoms with Gasteiger partial charge < -0.3 is 15.5 Å². The molecule has 1 rings (SSSR count). The van der Waals surface area contributed by atoms with E-state index in [1.807, 2.05) is 7.05 Å². The molecular formula is C12H21N3OS. The standard InChI is InChI=1S/C12H21N3OS/c1-4-14(2)6-5-7-15(3)10-9(8-13)11(16)12(10)17/h4-8,13H2,1-3H3. The van der Waals surface area contributed by atoms with E-state index in [1.165, 1.54) is 0 Å². The Kier molecular flexibility index (Phi) is 5.24. The number of nitrogens with two attached hydrogens (primary N) is 1. The monoisotopic (exact) mass is 255 g/mol. The molecule has 0 fully saturated rings. The highest BCUT2D eigenvalue weighted by Crippen LogP contribution is 2.20. The fraction of sp³-hybridized carbons (Fsp3) is 0.667. The van der Waals surface area contributed by atoms with Crippen molar-refractivity contribution in [2.75, 3.05) is 38.6 Å². The van der Waals surface area contributed by atoms with Crippen LogP contribution in [0.25, 0.3) is 0 Å². The molecule has 1 aromatic rings. The van der Waals surface area contributed by atoms with Gasteiger partial charge in [0.05, 0.1) is 5.69 Å². The van der Waals surface area contributed by atoms with Crippen LogP contribution >= 0.6 is 12.2 Å². The van der Waals surface area contributed by atoms with Gasteiger partial charge in [-0.1, -0.05) is 19.1 Å². The van der Waals surface area contributed by atoms with E-state index >= 15 is 0 Å². The van der Waals surface area contributed by atoms with Crippen LogP contribution in [-0.4, -0.2) is 38.6 Å². The van der Waals surface area contributed by atoms with Gasteiger partial charge in [0, 0.05) is 25.7 Å². The van der Waals surface area contributed by atoms with Crippen molar-refractivity contribution in [2.45, 2.75) is 19.9 Å². The molecule has 0 amide bonds. The van der Waals surface area contributed by atoms with E-state index in [2.05, 4.69) is 23.8 Å². The summed E-state index contributed by atoms with van der Waals surface area (Å²) in [6.45, 7) is 5.42. The van der Waals surface area contributed by atoms with Gasteiger partial charge in [-0.25, -0.2) is 0 Å². The molecule has 0 saturated heterocycles. The first kappa shape index (κ1) is 14.3. The summed E-state index contributed by atoms with van der Waals surface area (Å²) in [6, 6.07) is 0. The average molecular weight is 255 g/mol. The molecule has 0 heterocycles. The van der Waals surface area contributed by atoms with E-state index in [1.54, 1.807) is 0 Å². The number of hydrogen-bond acceptors (Lipinski definition) is 5. The molecule has 4 nitrogen and oxygen atoms in total. The van der Waals surface area contributed by atoms with Crippen LogP contribution in [0.4, 0.5) is 5.69 Å². The van der Waals surface area contributed by atoms with Crippen molar-refractivity contribution >= 4 is 17.9 Å². The van der Waals surface area contributed by atoms with Gasteiger partial charge in [0.1, 0.15) is 4.51 Å². The van der Waals surface area contributed by atoms with Gasteiger partial charge in [-0.2, -0.15) is 0 Å². The first-order valence-corrected chi connectivity index (χ1v) is 6.35. The molecule has 0 aliphatic heterocycles. The lowest BCUT2D eigenvalue weighted by Gasteiger charge is -2.25. The number of hydrogen-bond donors (Lipinski definition) is 1. The quantitative estimate of drug-likeness (QED) is 0.733. The maximum atomic E-state index is 11.4. The normalized spacial score (nSPS) is 11.4. The van der Waals surface area contributed by atoms with Crippen LogP contribution in [0.2, 0.25) is 0 Å². The molecule has 17 heavy (non-hydrogen) atoms. The Balaban J connectivity index is 2.53. The van der Waals surface area contributed by atoms with Crippen LogP contribution < -0.4 is 16.1 Å². The first-order chi connectivity index (χ1) is 8.02. The number of rotatable bonds is 7. The molecule has 0 spiro atoms. The van der Waals surface area contributed by atoms with Crippen molar-refractivity contribution in [3.05, 3.63) is 20.3 Å². The zero-order valence-electron chi connectivity index (χ0n) is 10.8. The third-order valence-electron chi connectivity index (χ3n) is 3.14. The van der Waals surface area contributed by atoms with Gasteiger partial charge >= 0.3 is 0 Å². The second-order valence-electron chi connectivity index (χ2n) is 4.36. The molecule has 2 N–H and O–H groups in total. The van der Waals surface area contributed by atoms with E-state index in [0.29, 0.717) is 10.1 Å². The molecule has 1 aromatic carbocycles. The minimum atomic E-state index is -0.0463. The molecular weight excluding hydrogens is 234 g/mol. The summed E-state index contributed by atoms with van der Waals surface area (Å²) in [7, 11) is 4.07. The lowest BCUT2D eigenvalue weighted by molar-refractivity contribution is 0.349. The fourth-order valence-corrected chi connectivity index (χ4v) is 2.27. The van der Waals surface area contributed by atoms with Crippen LogP contribution in [0.3, 0.4) is 0 Å². The van der Waals surface area contributed by atoms with Gasteiger partial charge in [-0.05, 0) is 26.6 Å². The predicted molar refractivity (Wildman–Crippen MR) is 74.9 cm³/mol. The molecule has 0 saturated carbocycles. The number of nitrogens with zero attached hydrogens (tertiary/aromatic N) is 2. The summed E-state index contributed by atoms with van der Waals surface area (Å²) in [5, 5.41) is 0. The van der Waals surface area contributed by atoms with E-state index < -0.39 is 0 Å². The van der Waals surface area contributed by atoms with Gasteiger partial charge in [0.25, 0.3) is 0 Å². The molecule has 0 unspecified atom stereocenters. The van der Waals surface area contributed by atoms with Crippen molar-refractivity contribution in [2.24, 2.45) is 5.73 Å². The highest BCUT2D eigenvalue weighted by Gasteiger charge is 2.19. The average Bonchev–Trinajstić information content (AvgIpc) is 2.33. The van der Waals surface area contributed by atoms with Crippen LogP contribution in [-0.2, 0) is 6.54 Å². The number of anilines is 1. The molecule has 0 atom stereocenters. The largest absolute Gasteiger partial charge is 0.373 e. The maximum absolute atomic E-state index is 11.4. The summed E-state index contributed by atoms with van der Waals surface area (Å²) in [5.41, 5.74) is 7.06. The van der Waals surface area contributed by atoms with Crippen molar-refractivity contribution in [1.82, 2.24) is 4.90 Å². The Morgan fingerprint density at radius 1 is 1.29 bits per heavy atom. The van der Waals surface area contributed by atoms with Crippen molar-refractivity contribution in [3.8, 4) is 0 Å². The summed E-state index contributed by atoms with van der Waals surface area (Å²) in [5.74, 6) is 0. The maximum Gasteiger partial charge on any atom is 0.205 e. The minimum absolute atomic E-state index is 0.0463. The molecule has 0 radical (unpaired) electrons. The summed E-state index contributed by atoms with van der Waals surface area (Å²) in [4.78, 5) is 15.7. The highest BCUT2D eigenvalue weighted by atomic mass is 32.1. The van der Waals surface area contributed by atoms with E-state index in [0.717, 1.165) is 31.7 Å². The van der Waals surface area contributed by atoms with Gasteiger partial charge in [0.2, 0.25) is 5.43 Å². The Labute approximate surface area is 108 Å². The third-order valence-corrected chi connectivity index (χ3v) is 3.52. The first-order valence-electron chi connectivity index (χ1n) is 5.94. The van der Waals surface area contributed by atoms with Crippen molar-refractivity contribution in [3.63, 3.8) is 0 Å². The fourth-order valence-electron chi connectivity index (χ4n) is 1.87. The molecule has 0 aliphatic carbocycles. The van der Waals surface area contributed by atoms with Crippen LogP contribution in [0, 0.1) is 4.51 Å². The van der Waals surface area contributed by atoms with E-state index in [4.69, 9.17) is 18.0 Å². The van der Waals surface area contributed by atoms with E-state index in [9.17, 15) is 4.79 Å². The lowest BCUT2D eigenvalue weighted by Crippen LogP contribution is -2.32. The van der Waals surface area contributed by atoms with Gasteiger partial charge in [0.15, 0.2) is 0 Å². The van der Waals surface area contributed by atoms with Crippen LogP contribution in [0.15, 0.2) is 4.79 Å². The summed E-state index contributed by atoms with van der Waals surface area (Å²) in [6.07, 6.45) is 1.05. The Bertz CT molecular complexity index is 437. The minimum Gasteiger partial charge on any atom is -0.373 e. The Morgan fingerprint density at radius 2 is 1.94 bits per heavy atom. The Morgan fingerprint density at radius 3 is 2.47 bits per heavy atom. The van der Waals surface area contributed by atoms with E-state index in [-0.39, 0.29) is 12.0 Å². The molecule has 0 aliphatic rings. The van der Waals surface area contributed by atoms with Gasteiger partial charge in [-0.15, -0.1) is 0 Å². The summed E-state index contributed by atoms with van der Waals surface area (Å²) < 4.78 is 0.441. The van der Waals surface area contributed by atoms with Gasteiger partial charge in [-0.3, -0.25) is 4.79 Å². The topological polar surface area (TPSA) is 49.6 Å². The second-order valence-corrected chi connectivity index (χ2v) is 4.77. The Hall–Kier alpha value is -0.780. The SMILES string of the molecule is CCN(C)CCCN(C)c1c(CN)c(=O)c1=S. The smallest absolute Gasteiger partial charge is 0.205 e. The molecule has 0 aromatic heterocycles. The third kappa shape index (κ3) is 3.12. The van der Waals surface area contributed by atoms with Crippen LogP contribution in [0.1, 0.15) is 18.9 Å². The zero-order valence-corrected chi connectivity index (χ0v) is 11.6. The second kappa shape index (κ2) is 6.23. The highest BCUT2D eigenvalue weighted by molar-refractivity contribution is 7.71. The molecule has 5 heteroatoms. The molecule has 96 valence electrons. The van der Waals surface area contributed by atoms with Crippen molar-refractivity contribution in [1.29, 1.82) is 0 Å². The van der Waals surface area contributed by atoms with Crippen molar-refractivity contribution < 1.29 is 0 Å². The zero-order chi connectivity index (χ0) is 13.0.